The fourth-order valence-corrected chi connectivity index (χ4v) is 1.93. The maximum absolute atomic E-state index is 11.9. The molecule has 17 heavy (non-hydrogen) atoms. The largest absolute Gasteiger partial charge is 0.481 e. The molecule has 0 bridgehead atoms. The lowest BCUT2D eigenvalue weighted by atomic mass is 10.1. The van der Waals surface area contributed by atoms with Crippen LogP contribution in [0.4, 0.5) is 4.79 Å². The Balaban J connectivity index is 2.32. The number of aliphatic hydroxyl groups is 1. The summed E-state index contributed by atoms with van der Waals surface area (Å²) in [6, 6.07) is -0.130. The number of amides is 2. The van der Waals surface area contributed by atoms with Crippen LogP contribution in [-0.2, 0) is 4.79 Å². The molecule has 1 rings (SSSR count). The van der Waals surface area contributed by atoms with Crippen molar-refractivity contribution in [1.29, 1.82) is 0 Å². The minimum atomic E-state index is -0.848. The summed E-state index contributed by atoms with van der Waals surface area (Å²) in [5.74, 6) is -0.848. The molecule has 1 aliphatic rings. The molecule has 0 radical (unpaired) electrons. The highest BCUT2D eigenvalue weighted by Crippen LogP contribution is 2.11. The fraction of sp³-hybridized carbons (Fsp3) is 0.818. The third-order valence-corrected chi connectivity index (χ3v) is 2.88. The van der Waals surface area contributed by atoms with E-state index < -0.39 is 12.1 Å². The van der Waals surface area contributed by atoms with Crippen molar-refractivity contribution in [1.82, 2.24) is 9.80 Å². The zero-order valence-corrected chi connectivity index (χ0v) is 10.1. The van der Waals surface area contributed by atoms with E-state index in [1.54, 1.807) is 11.9 Å². The number of nitrogens with zero attached hydrogens (tertiary/aromatic N) is 2. The van der Waals surface area contributed by atoms with Gasteiger partial charge in [-0.05, 0) is 19.3 Å². The normalized spacial score (nSPS) is 20.1. The van der Waals surface area contributed by atoms with Crippen LogP contribution in [0, 0.1) is 0 Å². The quantitative estimate of drug-likeness (QED) is 0.748. The van der Waals surface area contributed by atoms with E-state index >= 15 is 0 Å². The first kappa shape index (κ1) is 13.8. The Morgan fingerprint density at radius 3 is 2.76 bits per heavy atom. The highest BCUT2D eigenvalue weighted by atomic mass is 16.4. The molecule has 2 N–H and O–H groups in total. The van der Waals surface area contributed by atoms with Gasteiger partial charge in [0.05, 0.1) is 6.10 Å². The predicted molar refractivity (Wildman–Crippen MR) is 61.7 cm³/mol. The molecule has 98 valence electrons. The number of likely N-dealkylation sites (tertiary alicyclic amines) is 1. The van der Waals surface area contributed by atoms with Crippen molar-refractivity contribution in [2.24, 2.45) is 0 Å². The summed E-state index contributed by atoms with van der Waals surface area (Å²) in [4.78, 5) is 25.4. The van der Waals surface area contributed by atoms with Crippen LogP contribution >= 0.6 is 0 Å². The van der Waals surface area contributed by atoms with Gasteiger partial charge in [-0.1, -0.05) is 0 Å². The molecule has 0 aliphatic carbocycles. The molecular weight excluding hydrogens is 224 g/mol. The van der Waals surface area contributed by atoms with Crippen molar-refractivity contribution < 1.29 is 19.8 Å². The number of hydrogen-bond donors (Lipinski definition) is 2. The van der Waals surface area contributed by atoms with Gasteiger partial charge in [0.2, 0.25) is 0 Å². The maximum atomic E-state index is 11.9. The molecule has 1 heterocycles. The summed E-state index contributed by atoms with van der Waals surface area (Å²) in [6.07, 6.45) is 1.65. The Kier molecular flexibility index (Phi) is 5.21. The molecule has 1 fully saturated rings. The van der Waals surface area contributed by atoms with E-state index in [4.69, 9.17) is 5.11 Å². The number of piperidine rings is 1. The molecule has 6 nitrogen and oxygen atoms in total. The van der Waals surface area contributed by atoms with Gasteiger partial charge in [-0.15, -0.1) is 0 Å². The number of hydrogen-bond acceptors (Lipinski definition) is 3. The fourth-order valence-electron chi connectivity index (χ4n) is 1.93. The second-order valence-corrected chi connectivity index (χ2v) is 4.44. The van der Waals surface area contributed by atoms with Crippen LogP contribution in [0.3, 0.4) is 0 Å². The van der Waals surface area contributed by atoms with Crippen molar-refractivity contribution in [3.8, 4) is 0 Å². The summed E-state index contributed by atoms with van der Waals surface area (Å²) in [5.41, 5.74) is 0. The molecule has 0 saturated carbocycles. The van der Waals surface area contributed by atoms with Gasteiger partial charge in [0, 0.05) is 33.1 Å². The lowest BCUT2D eigenvalue weighted by Gasteiger charge is -2.33. The number of carbonyl (C=O) groups excluding carboxylic acids is 1. The average Bonchev–Trinajstić information content (AvgIpc) is 2.27. The van der Waals surface area contributed by atoms with Crippen molar-refractivity contribution in [2.45, 2.75) is 31.8 Å². The number of aliphatic carboxylic acids is 1. The number of carboxylic acids is 1. The molecule has 0 aromatic heterocycles. The smallest absolute Gasteiger partial charge is 0.319 e. The van der Waals surface area contributed by atoms with Gasteiger partial charge in [-0.2, -0.15) is 0 Å². The van der Waals surface area contributed by atoms with Crippen molar-refractivity contribution >= 4 is 12.0 Å². The standard InChI is InChI=1S/C11H20N2O4/c1-12(6-3-5-10(15)16)11(17)13-7-2-4-9(14)8-13/h9,14H,2-8H2,1H3,(H,15,16). The molecule has 1 aliphatic heterocycles. The average molecular weight is 244 g/mol. The van der Waals surface area contributed by atoms with E-state index in [0.717, 1.165) is 12.8 Å². The Hall–Kier alpha value is -1.30. The highest BCUT2D eigenvalue weighted by Gasteiger charge is 2.24. The SMILES string of the molecule is CN(CCCC(=O)O)C(=O)N1CCCC(O)C1. The Morgan fingerprint density at radius 2 is 2.18 bits per heavy atom. The van der Waals surface area contributed by atoms with Crippen LogP contribution in [0.25, 0.3) is 0 Å². The van der Waals surface area contributed by atoms with Crippen molar-refractivity contribution in [2.75, 3.05) is 26.7 Å². The third-order valence-electron chi connectivity index (χ3n) is 2.88. The number of β-amino-alcohol motifs (C(OH)–C–C–N with tert-alkyl or cyclic N) is 1. The first-order chi connectivity index (χ1) is 8.00. The van der Waals surface area contributed by atoms with Crippen LogP contribution in [0.5, 0.6) is 0 Å². The number of urea groups is 1. The number of carboxylic acid groups (broad SMARTS) is 1. The number of aliphatic hydroxyl groups excluding tert-OH is 1. The van der Waals surface area contributed by atoms with E-state index in [9.17, 15) is 14.7 Å². The summed E-state index contributed by atoms with van der Waals surface area (Å²) >= 11 is 0. The van der Waals surface area contributed by atoms with Crippen molar-refractivity contribution in [3.05, 3.63) is 0 Å². The minimum Gasteiger partial charge on any atom is -0.481 e. The van der Waals surface area contributed by atoms with Crippen LogP contribution < -0.4 is 0 Å². The lowest BCUT2D eigenvalue weighted by Crippen LogP contribution is -2.47. The molecule has 6 heteroatoms. The number of carbonyl (C=O) groups is 2. The first-order valence-corrected chi connectivity index (χ1v) is 5.90. The van der Waals surface area contributed by atoms with E-state index in [-0.39, 0.29) is 12.5 Å². The lowest BCUT2D eigenvalue weighted by molar-refractivity contribution is -0.137. The summed E-state index contributed by atoms with van der Waals surface area (Å²) < 4.78 is 0. The second-order valence-electron chi connectivity index (χ2n) is 4.44. The van der Waals surface area contributed by atoms with Gasteiger partial charge in [-0.25, -0.2) is 4.79 Å². The molecule has 0 aromatic rings. The molecule has 2 amide bonds. The maximum Gasteiger partial charge on any atom is 0.319 e. The molecule has 1 atom stereocenters. The topological polar surface area (TPSA) is 81.1 Å². The van der Waals surface area contributed by atoms with Crippen molar-refractivity contribution in [3.63, 3.8) is 0 Å². The predicted octanol–water partition coefficient (Wildman–Crippen LogP) is 0.360. The highest BCUT2D eigenvalue weighted by molar-refractivity contribution is 5.74. The van der Waals surface area contributed by atoms with Crippen LogP contribution in [0.2, 0.25) is 0 Å². The van der Waals surface area contributed by atoms with Crippen LogP contribution in [0.15, 0.2) is 0 Å². The molecule has 1 saturated heterocycles. The Morgan fingerprint density at radius 1 is 1.47 bits per heavy atom. The van der Waals surface area contributed by atoms with Gasteiger partial charge in [0.1, 0.15) is 0 Å². The Bertz CT molecular complexity index is 283. The second kappa shape index (κ2) is 6.44. The number of rotatable bonds is 4. The van der Waals surface area contributed by atoms with Gasteiger partial charge in [-0.3, -0.25) is 4.79 Å². The first-order valence-electron chi connectivity index (χ1n) is 5.90. The van der Waals surface area contributed by atoms with Gasteiger partial charge in [0.15, 0.2) is 0 Å². The van der Waals surface area contributed by atoms with Gasteiger partial charge < -0.3 is 20.0 Å². The van der Waals surface area contributed by atoms with E-state index in [0.29, 0.717) is 26.1 Å². The summed E-state index contributed by atoms with van der Waals surface area (Å²) in [5, 5.41) is 18.0. The molecule has 0 aromatic carbocycles. The molecule has 0 spiro atoms. The van der Waals surface area contributed by atoms with Crippen LogP contribution in [-0.4, -0.2) is 64.8 Å². The summed E-state index contributed by atoms with van der Waals surface area (Å²) in [7, 11) is 1.66. The minimum absolute atomic E-state index is 0.0697. The van der Waals surface area contributed by atoms with Gasteiger partial charge >= 0.3 is 12.0 Å². The van der Waals surface area contributed by atoms with E-state index in [1.807, 2.05) is 0 Å². The zero-order valence-electron chi connectivity index (χ0n) is 10.1. The van der Waals surface area contributed by atoms with Crippen LogP contribution in [0.1, 0.15) is 25.7 Å². The zero-order chi connectivity index (χ0) is 12.8. The molecule has 1 unspecified atom stereocenters. The molecular formula is C11H20N2O4. The monoisotopic (exact) mass is 244 g/mol. The van der Waals surface area contributed by atoms with Gasteiger partial charge in [0.25, 0.3) is 0 Å². The van der Waals surface area contributed by atoms with E-state index in [1.165, 1.54) is 4.90 Å². The van der Waals surface area contributed by atoms with E-state index in [2.05, 4.69) is 0 Å². The summed E-state index contributed by atoms with van der Waals surface area (Å²) in [6.45, 7) is 1.47. The Labute approximate surface area is 101 Å². The third kappa shape index (κ3) is 4.60.